The van der Waals surface area contributed by atoms with Crippen LogP contribution in [0.3, 0.4) is 0 Å². The van der Waals surface area contributed by atoms with Crippen molar-refractivity contribution in [3.63, 3.8) is 0 Å². The molecule has 80 valence electrons. The van der Waals surface area contributed by atoms with Gasteiger partial charge in [0.25, 0.3) is 0 Å². The summed E-state index contributed by atoms with van der Waals surface area (Å²) in [6.45, 7) is 1.70. The minimum atomic E-state index is 0.815. The fourth-order valence-corrected chi connectivity index (χ4v) is 1.56. The second kappa shape index (κ2) is 4.31. The Kier molecular flexibility index (Phi) is 2.87. The monoisotopic (exact) mass is 204 g/mol. The highest BCUT2D eigenvalue weighted by Crippen LogP contribution is 1.99. The maximum Gasteiger partial charge on any atom is 0.0762 e. The first-order chi connectivity index (χ1) is 7.24. The fraction of sp³-hybridized carbons (Fsp3) is 0.364. The summed E-state index contributed by atoms with van der Waals surface area (Å²) < 4.78 is 3.87. The molecular formula is C11H16N4. The molecule has 1 N–H and O–H groups in total. The second-order valence-corrected chi connectivity index (χ2v) is 3.77. The standard InChI is InChI=1S/C11H16N4/c1-14-5-3-10(9-14)7-12-8-11-4-6-15(2)13-11/h3-6,9,12H,7-8H2,1-2H3. The quantitative estimate of drug-likeness (QED) is 0.807. The number of hydrogen-bond donors (Lipinski definition) is 1. The lowest BCUT2D eigenvalue weighted by atomic mass is 10.3. The van der Waals surface area contributed by atoms with Crippen LogP contribution in [-0.4, -0.2) is 14.3 Å². The van der Waals surface area contributed by atoms with Crippen LogP contribution in [0.5, 0.6) is 0 Å². The van der Waals surface area contributed by atoms with Crippen LogP contribution in [0.1, 0.15) is 11.3 Å². The summed E-state index contributed by atoms with van der Waals surface area (Å²) in [5, 5.41) is 7.65. The van der Waals surface area contributed by atoms with Crippen molar-refractivity contribution >= 4 is 0 Å². The molecule has 2 rings (SSSR count). The first-order valence-corrected chi connectivity index (χ1v) is 5.04. The first kappa shape index (κ1) is 9.98. The SMILES string of the molecule is Cn1ccc(CNCc2ccn(C)n2)c1. The maximum atomic E-state index is 4.30. The first-order valence-electron chi connectivity index (χ1n) is 5.04. The lowest BCUT2D eigenvalue weighted by molar-refractivity contribution is 0.656. The highest BCUT2D eigenvalue weighted by atomic mass is 15.3. The van der Waals surface area contributed by atoms with Crippen molar-refractivity contribution in [3.8, 4) is 0 Å². The van der Waals surface area contributed by atoms with Gasteiger partial charge >= 0.3 is 0 Å². The molecule has 0 bridgehead atoms. The molecule has 0 saturated carbocycles. The highest BCUT2D eigenvalue weighted by Gasteiger charge is 1.97. The Morgan fingerprint density at radius 3 is 2.67 bits per heavy atom. The van der Waals surface area contributed by atoms with E-state index in [-0.39, 0.29) is 0 Å². The Bertz CT molecular complexity index is 387. The van der Waals surface area contributed by atoms with Gasteiger partial charge in [0.2, 0.25) is 0 Å². The predicted molar refractivity (Wildman–Crippen MR) is 59.2 cm³/mol. The summed E-state index contributed by atoms with van der Waals surface area (Å²) in [4.78, 5) is 0. The number of aryl methyl sites for hydroxylation is 2. The van der Waals surface area contributed by atoms with Gasteiger partial charge < -0.3 is 9.88 Å². The van der Waals surface area contributed by atoms with Crippen LogP contribution in [0.4, 0.5) is 0 Å². The molecule has 4 heteroatoms. The van der Waals surface area contributed by atoms with Crippen LogP contribution < -0.4 is 5.32 Å². The average molecular weight is 204 g/mol. The summed E-state index contributed by atoms with van der Waals surface area (Å²) in [7, 11) is 3.96. The van der Waals surface area contributed by atoms with Gasteiger partial charge in [-0.05, 0) is 17.7 Å². The Balaban J connectivity index is 1.80. The number of nitrogens with zero attached hydrogens (tertiary/aromatic N) is 3. The maximum absolute atomic E-state index is 4.30. The molecule has 0 aliphatic heterocycles. The third kappa shape index (κ3) is 2.70. The number of rotatable bonds is 4. The summed E-state index contributed by atoms with van der Waals surface area (Å²) in [6.07, 6.45) is 6.13. The van der Waals surface area contributed by atoms with Crippen molar-refractivity contribution in [2.45, 2.75) is 13.1 Å². The smallest absolute Gasteiger partial charge is 0.0762 e. The van der Waals surface area contributed by atoms with E-state index in [1.807, 2.05) is 31.0 Å². The van der Waals surface area contributed by atoms with E-state index in [9.17, 15) is 0 Å². The van der Waals surface area contributed by atoms with Gasteiger partial charge in [-0.3, -0.25) is 4.68 Å². The van der Waals surface area contributed by atoms with Crippen molar-refractivity contribution in [3.05, 3.63) is 42.0 Å². The van der Waals surface area contributed by atoms with Gasteiger partial charge in [0.15, 0.2) is 0 Å². The lowest BCUT2D eigenvalue weighted by Crippen LogP contribution is -2.12. The van der Waals surface area contributed by atoms with E-state index >= 15 is 0 Å². The number of aromatic nitrogens is 3. The van der Waals surface area contributed by atoms with Crippen LogP contribution in [0.15, 0.2) is 30.7 Å². The van der Waals surface area contributed by atoms with Crippen molar-refractivity contribution in [2.24, 2.45) is 14.1 Å². The molecular weight excluding hydrogens is 188 g/mol. The summed E-state index contributed by atoms with van der Waals surface area (Å²) in [5.74, 6) is 0. The predicted octanol–water partition coefficient (Wildman–Crippen LogP) is 1.05. The Hall–Kier alpha value is -1.55. The van der Waals surface area contributed by atoms with Gasteiger partial charge in [0, 0.05) is 45.8 Å². The van der Waals surface area contributed by atoms with Crippen LogP contribution in [0.2, 0.25) is 0 Å². The van der Waals surface area contributed by atoms with Gasteiger partial charge in [-0.1, -0.05) is 0 Å². The molecule has 0 saturated heterocycles. The largest absolute Gasteiger partial charge is 0.357 e. The summed E-state index contributed by atoms with van der Waals surface area (Å²) in [5.41, 5.74) is 2.38. The zero-order chi connectivity index (χ0) is 10.7. The van der Waals surface area contributed by atoms with E-state index in [1.165, 1.54) is 5.56 Å². The second-order valence-electron chi connectivity index (χ2n) is 3.77. The molecule has 0 aliphatic carbocycles. The normalized spacial score (nSPS) is 10.8. The fourth-order valence-electron chi connectivity index (χ4n) is 1.56. The molecule has 0 fully saturated rings. The van der Waals surface area contributed by atoms with Crippen LogP contribution in [-0.2, 0) is 27.2 Å². The van der Waals surface area contributed by atoms with Crippen LogP contribution in [0.25, 0.3) is 0 Å². The Labute approximate surface area is 89.5 Å². The van der Waals surface area contributed by atoms with E-state index < -0.39 is 0 Å². The minimum Gasteiger partial charge on any atom is -0.357 e. The van der Waals surface area contributed by atoms with Gasteiger partial charge in [-0.2, -0.15) is 5.10 Å². The molecule has 0 aromatic carbocycles. The molecule has 0 spiro atoms. The highest BCUT2D eigenvalue weighted by molar-refractivity contribution is 5.09. The van der Waals surface area contributed by atoms with E-state index in [2.05, 4.69) is 33.4 Å². The van der Waals surface area contributed by atoms with E-state index in [0.717, 1.165) is 18.8 Å². The van der Waals surface area contributed by atoms with Gasteiger partial charge in [0.05, 0.1) is 5.69 Å². The third-order valence-electron chi connectivity index (χ3n) is 2.30. The van der Waals surface area contributed by atoms with Gasteiger partial charge in [0.1, 0.15) is 0 Å². The van der Waals surface area contributed by atoms with Gasteiger partial charge in [-0.15, -0.1) is 0 Å². The van der Waals surface area contributed by atoms with Crippen molar-refractivity contribution < 1.29 is 0 Å². The molecule has 2 aromatic heterocycles. The summed E-state index contributed by atoms with van der Waals surface area (Å²) in [6, 6.07) is 4.14. The molecule has 0 aliphatic rings. The van der Waals surface area contributed by atoms with E-state index in [0.29, 0.717) is 0 Å². The molecule has 4 nitrogen and oxygen atoms in total. The topological polar surface area (TPSA) is 34.8 Å². The van der Waals surface area contributed by atoms with Gasteiger partial charge in [-0.25, -0.2) is 0 Å². The molecule has 15 heavy (non-hydrogen) atoms. The lowest BCUT2D eigenvalue weighted by Gasteiger charge is -1.99. The van der Waals surface area contributed by atoms with E-state index in [1.54, 1.807) is 0 Å². The average Bonchev–Trinajstić information content (AvgIpc) is 2.76. The molecule has 2 aromatic rings. The molecule has 0 unspecified atom stereocenters. The zero-order valence-corrected chi connectivity index (χ0v) is 9.14. The minimum absolute atomic E-state index is 0.815. The van der Waals surface area contributed by atoms with Crippen LogP contribution in [0, 0.1) is 0 Å². The third-order valence-corrected chi connectivity index (χ3v) is 2.30. The van der Waals surface area contributed by atoms with Crippen LogP contribution >= 0.6 is 0 Å². The molecule has 2 heterocycles. The van der Waals surface area contributed by atoms with E-state index in [4.69, 9.17) is 0 Å². The summed E-state index contributed by atoms with van der Waals surface area (Å²) >= 11 is 0. The van der Waals surface area contributed by atoms with Crippen molar-refractivity contribution in [1.29, 1.82) is 0 Å². The number of hydrogen-bond acceptors (Lipinski definition) is 2. The molecule has 0 atom stereocenters. The van der Waals surface area contributed by atoms with Crippen molar-refractivity contribution in [2.75, 3.05) is 0 Å². The Morgan fingerprint density at radius 1 is 1.20 bits per heavy atom. The molecule has 0 radical (unpaired) electrons. The Morgan fingerprint density at radius 2 is 2.07 bits per heavy atom. The van der Waals surface area contributed by atoms with Crippen molar-refractivity contribution in [1.82, 2.24) is 19.7 Å². The molecule has 0 amide bonds. The zero-order valence-electron chi connectivity index (χ0n) is 9.14. The number of nitrogens with one attached hydrogen (secondary N) is 1.